The molecule has 0 saturated heterocycles. The highest BCUT2D eigenvalue weighted by Crippen LogP contribution is 2.36. The van der Waals surface area contributed by atoms with Gasteiger partial charge in [-0.25, -0.2) is 13.9 Å². The van der Waals surface area contributed by atoms with Crippen molar-refractivity contribution in [2.45, 2.75) is 45.3 Å². The molecule has 2 bridgehead atoms. The molecule has 5 heterocycles. The third-order valence-electron chi connectivity index (χ3n) is 7.43. The van der Waals surface area contributed by atoms with Crippen LogP contribution in [-0.4, -0.2) is 40.9 Å². The van der Waals surface area contributed by atoms with Gasteiger partial charge in [0.05, 0.1) is 23.3 Å². The predicted octanol–water partition coefficient (Wildman–Crippen LogP) is 5.57. The standard InChI is InChI=1S/C29H26ClFN8O3/c1-16-4-3-5-20(23-12-18(10-11-32-23)27-24(35-28(16)40)14-34-39(27)17(2)31)21-7-9-26(42-29(21)41)22-13-19(30)6-8-25(22)38-15-33-36-37-38/h6-17,20H,3-5H2,1-2H3,(H,35,40)/t16-,17?,20+/m1/s1. The monoisotopic (exact) mass is 588 g/mol. The Hall–Kier alpha value is -4.71. The van der Waals surface area contributed by atoms with Gasteiger partial charge in [0, 0.05) is 45.4 Å². The number of benzene rings is 1. The van der Waals surface area contributed by atoms with Gasteiger partial charge in [-0.05, 0) is 72.7 Å². The number of alkyl halides is 1. The maximum Gasteiger partial charge on any atom is 0.340 e. The topological polar surface area (TPSA) is 134 Å². The molecule has 0 aliphatic carbocycles. The van der Waals surface area contributed by atoms with Gasteiger partial charge in [-0.15, -0.1) is 5.10 Å². The van der Waals surface area contributed by atoms with Gasteiger partial charge in [-0.3, -0.25) is 9.78 Å². The van der Waals surface area contributed by atoms with Gasteiger partial charge in [0.25, 0.3) is 0 Å². The lowest BCUT2D eigenvalue weighted by molar-refractivity contribution is -0.119. The number of halogens is 2. The minimum absolute atomic E-state index is 0.183. The Balaban J connectivity index is 1.45. The molecule has 1 unspecified atom stereocenters. The molecule has 1 aliphatic rings. The molecule has 1 amide bonds. The summed E-state index contributed by atoms with van der Waals surface area (Å²) in [6.45, 7) is 3.21. The number of fused-ring (bicyclic) bond motifs is 4. The van der Waals surface area contributed by atoms with Gasteiger partial charge in [-0.2, -0.15) is 9.78 Å². The van der Waals surface area contributed by atoms with Gasteiger partial charge < -0.3 is 9.73 Å². The van der Waals surface area contributed by atoms with Gasteiger partial charge >= 0.3 is 5.63 Å². The van der Waals surface area contributed by atoms with Crippen LogP contribution < -0.4 is 10.9 Å². The van der Waals surface area contributed by atoms with Crippen LogP contribution in [0.15, 0.2) is 70.4 Å². The lowest BCUT2D eigenvalue weighted by Crippen LogP contribution is -2.22. The van der Waals surface area contributed by atoms with Crippen LogP contribution >= 0.6 is 11.6 Å². The van der Waals surface area contributed by atoms with E-state index in [2.05, 4.69) is 30.9 Å². The Labute approximate surface area is 244 Å². The number of nitrogens with zero attached hydrogens (tertiary/aromatic N) is 7. The average Bonchev–Trinajstić information content (AvgIpc) is 3.66. The van der Waals surface area contributed by atoms with Crippen LogP contribution in [-0.2, 0) is 4.79 Å². The van der Waals surface area contributed by atoms with Crippen LogP contribution in [0.2, 0.25) is 5.02 Å². The van der Waals surface area contributed by atoms with Crippen molar-refractivity contribution in [3.63, 3.8) is 0 Å². The molecule has 4 aromatic heterocycles. The largest absolute Gasteiger partial charge is 0.422 e. The Morgan fingerprint density at radius 1 is 1.14 bits per heavy atom. The maximum atomic E-state index is 14.6. The first-order valence-corrected chi connectivity index (χ1v) is 13.8. The van der Waals surface area contributed by atoms with Crippen molar-refractivity contribution < 1.29 is 13.6 Å². The van der Waals surface area contributed by atoms with Crippen molar-refractivity contribution in [2.24, 2.45) is 5.92 Å². The summed E-state index contributed by atoms with van der Waals surface area (Å²) in [5.41, 5.74) is 3.07. The second-order valence-electron chi connectivity index (χ2n) is 10.2. The Morgan fingerprint density at radius 3 is 2.76 bits per heavy atom. The summed E-state index contributed by atoms with van der Waals surface area (Å²) in [6, 6.07) is 12.1. The van der Waals surface area contributed by atoms with E-state index in [1.165, 1.54) is 28.8 Å². The molecule has 214 valence electrons. The Bertz CT molecular complexity index is 1820. The molecule has 0 saturated carbocycles. The Morgan fingerprint density at radius 2 is 2.00 bits per heavy atom. The van der Waals surface area contributed by atoms with Crippen LogP contribution in [0, 0.1) is 5.92 Å². The number of carbonyl (C=O) groups excluding carboxylic acids is 1. The van der Waals surface area contributed by atoms with E-state index in [4.69, 9.17) is 16.0 Å². The molecule has 3 atom stereocenters. The molecule has 5 aromatic rings. The lowest BCUT2D eigenvalue weighted by Gasteiger charge is -2.20. The van der Waals surface area contributed by atoms with E-state index >= 15 is 0 Å². The van der Waals surface area contributed by atoms with Crippen LogP contribution in [0.4, 0.5) is 10.1 Å². The number of hydrogen-bond donors (Lipinski definition) is 1. The van der Waals surface area contributed by atoms with E-state index in [1.54, 1.807) is 48.7 Å². The summed E-state index contributed by atoms with van der Waals surface area (Å²) in [7, 11) is 0. The van der Waals surface area contributed by atoms with Crippen molar-refractivity contribution in [1.29, 1.82) is 0 Å². The van der Waals surface area contributed by atoms with Crippen LogP contribution in [0.3, 0.4) is 0 Å². The number of carbonyl (C=O) groups is 1. The number of amides is 1. The highest BCUT2D eigenvalue weighted by molar-refractivity contribution is 6.31. The third kappa shape index (κ3) is 5.20. The fourth-order valence-corrected chi connectivity index (χ4v) is 5.45. The first-order chi connectivity index (χ1) is 20.3. The molecule has 42 heavy (non-hydrogen) atoms. The van der Waals surface area contributed by atoms with Crippen LogP contribution in [0.5, 0.6) is 0 Å². The van der Waals surface area contributed by atoms with Gasteiger partial charge in [0.2, 0.25) is 5.91 Å². The zero-order chi connectivity index (χ0) is 29.4. The Kier molecular flexibility index (Phi) is 7.38. The number of anilines is 1. The SMILES string of the molecule is CC(F)n1ncc2c1-c1ccnc(c1)[C@H](c1ccc(-c3cc(Cl)ccc3-n3cnnn3)oc1=O)CCC[C@@H](C)C(=O)N2. The van der Waals surface area contributed by atoms with Crippen LogP contribution in [0.25, 0.3) is 28.3 Å². The maximum absolute atomic E-state index is 14.6. The number of pyridine rings is 1. The van der Waals surface area contributed by atoms with Crippen LogP contribution in [0.1, 0.15) is 56.6 Å². The highest BCUT2D eigenvalue weighted by Gasteiger charge is 2.26. The summed E-state index contributed by atoms with van der Waals surface area (Å²) in [5, 5.41) is 18.9. The normalized spacial score (nSPS) is 18.0. The van der Waals surface area contributed by atoms with E-state index in [1.807, 2.05) is 6.92 Å². The molecule has 11 nitrogen and oxygen atoms in total. The number of tetrazole rings is 1. The fourth-order valence-electron chi connectivity index (χ4n) is 5.28. The van der Waals surface area contributed by atoms with Crippen molar-refractivity contribution in [1.82, 2.24) is 35.0 Å². The molecule has 0 radical (unpaired) electrons. The molecular formula is C29H26ClFN8O3. The number of rotatable bonds is 4. The average molecular weight is 589 g/mol. The number of aromatic nitrogens is 7. The van der Waals surface area contributed by atoms with Gasteiger partial charge in [0.15, 0.2) is 6.30 Å². The molecule has 1 aliphatic heterocycles. The molecule has 0 spiro atoms. The first kappa shape index (κ1) is 27.5. The first-order valence-electron chi connectivity index (χ1n) is 13.5. The summed E-state index contributed by atoms with van der Waals surface area (Å²) in [5.74, 6) is -0.646. The van der Waals surface area contributed by atoms with Crippen molar-refractivity contribution in [2.75, 3.05) is 5.32 Å². The quantitative estimate of drug-likeness (QED) is 0.288. The smallest absolute Gasteiger partial charge is 0.340 e. The minimum atomic E-state index is -1.44. The van der Waals surface area contributed by atoms with E-state index in [-0.39, 0.29) is 11.8 Å². The fraction of sp³-hybridized carbons (Fsp3) is 0.276. The molecular weight excluding hydrogens is 563 g/mol. The highest BCUT2D eigenvalue weighted by atomic mass is 35.5. The van der Waals surface area contributed by atoms with E-state index in [0.29, 0.717) is 69.5 Å². The molecule has 1 N–H and O–H groups in total. The summed E-state index contributed by atoms with van der Waals surface area (Å²) < 4.78 is 23.1. The van der Waals surface area contributed by atoms with E-state index in [9.17, 15) is 14.0 Å². The number of hydrogen-bond acceptors (Lipinski definition) is 8. The van der Waals surface area contributed by atoms with Gasteiger partial charge in [0.1, 0.15) is 12.1 Å². The summed E-state index contributed by atoms with van der Waals surface area (Å²) in [4.78, 5) is 31.2. The van der Waals surface area contributed by atoms with Gasteiger partial charge in [-0.1, -0.05) is 24.9 Å². The third-order valence-corrected chi connectivity index (χ3v) is 7.66. The zero-order valence-corrected chi connectivity index (χ0v) is 23.5. The second-order valence-corrected chi connectivity index (χ2v) is 10.7. The molecule has 1 aromatic carbocycles. The summed E-state index contributed by atoms with van der Waals surface area (Å²) in [6.07, 6.45) is 4.82. The van der Waals surface area contributed by atoms with Crippen molar-refractivity contribution in [3.8, 4) is 28.3 Å². The molecule has 0 fully saturated rings. The molecule has 13 heteroatoms. The summed E-state index contributed by atoms with van der Waals surface area (Å²) >= 11 is 6.28. The zero-order valence-electron chi connectivity index (χ0n) is 22.7. The predicted molar refractivity (Wildman–Crippen MR) is 153 cm³/mol. The second kappa shape index (κ2) is 11.3. The van der Waals surface area contributed by atoms with Crippen molar-refractivity contribution >= 4 is 23.2 Å². The van der Waals surface area contributed by atoms with E-state index < -0.39 is 17.8 Å². The number of nitrogens with one attached hydrogen (secondary N) is 1. The minimum Gasteiger partial charge on any atom is -0.422 e. The molecule has 6 rings (SSSR count). The van der Waals surface area contributed by atoms with E-state index in [0.717, 1.165) is 0 Å². The van der Waals surface area contributed by atoms with Crippen molar-refractivity contribution in [3.05, 3.63) is 87.9 Å². The lowest BCUT2D eigenvalue weighted by atomic mass is 9.88.